The first-order valence-corrected chi connectivity index (χ1v) is 8.59. The predicted octanol–water partition coefficient (Wildman–Crippen LogP) is 5.92. The zero-order chi connectivity index (χ0) is 19.3. The lowest BCUT2D eigenvalue weighted by Crippen LogP contribution is -2.11. The molecule has 0 radical (unpaired) electrons. The van der Waals surface area contributed by atoms with Crippen molar-refractivity contribution in [2.45, 2.75) is 38.8 Å². The second kappa shape index (κ2) is 6.18. The topological polar surface area (TPSA) is 38.9 Å². The van der Waals surface area contributed by atoms with Crippen molar-refractivity contribution in [2.75, 3.05) is 0 Å². The van der Waals surface area contributed by atoms with Crippen LogP contribution in [0.25, 0.3) is 22.5 Å². The zero-order valence-corrected chi connectivity index (χ0v) is 14.7. The Hall–Kier alpha value is -2.70. The number of hydrogen-bond acceptors (Lipinski definition) is 3. The number of alkyl halides is 3. The maximum Gasteiger partial charge on any atom is 0.417 e. The molecule has 4 rings (SSSR count). The molecule has 1 heterocycles. The van der Waals surface area contributed by atoms with E-state index in [9.17, 15) is 17.6 Å². The normalized spacial score (nSPS) is 16.6. The van der Waals surface area contributed by atoms with Gasteiger partial charge in [0.15, 0.2) is 0 Å². The maximum absolute atomic E-state index is 14.4. The van der Waals surface area contributed by atoms with E-state index in [0.717, 1.165) is 0 Å². The van der Waals surface area contributed by atoms with E-state index in [1.807, 2.05) is 6.92 Å². The van der Waals surface area contributed by atoms with Gasteiger partial charge in [0.25, 0.3) is 0 Å². The van der Waals surface area contributed by atoms with Crippen LogP contribution in [0.2, 0.25) is 0 Å². The Morgan fingerprint density at radius 1 is 1.11 bits per heavy atom. The van der Waals surface area contributed by atoms with Gasteiger partial charge in [0.1, 0.15) is 5.82 Å². The molecule has 3 aromatic rings. The third kappa shape index (κ3) is 3.01. The van der Waals surface area contributed by atoms with Crippen LogP contribution < -0.4 is 0 Å². The Bertz CT molecular complexity index is 1010. The van der Waals surface area contributed by atoms with E-state index < -0.39 is 17.6 Å². The molecule has 0 aliphatic heterocycles. The Morgan fingerprint density at radius 2 is 1.78 bits per heavy atom. The molecule has 0 amide bonds. The SMILES string of the molecule is Cc1nc(-c2ccc(-c3c(C(F)(F)F)cc(F)c4c3CC[C@H]4C)cc2)no1. The largest absolute Gasteiger partial charge is 0.417 e. The van der Waals surface area contributed by atoms with Crippen LogP contribution in [0.5, 0.6) is 0 Å². The summed E-state index contributed by atoms with van der Waals surface area (Å²) in [4.78, 5) is 4.11. The summed E-state index contributed by atoms with van der Waals surface area (Å²) in [6.07, 6.45) is -3.57. The summed E-state index contributed by atoms with van der Waals surface area (Å²) >= 11 is 0. The highest BCUT2D eigenvalue weighted by molar-refractivity contribution is 5.76. The van der Waals surface area contributed by atoms with E-state index in [2.05, 4.69) is 10.1 Å². The second-order valence-electron chi connectivity index (χ2n) is 6.83. The van der Waals surface area contributed by atoms with Gasteiger partial charge in [-0.25, -0.2) is 4.39 Å². The van der Waals surface area contributed by atoms with E-state index in [4.69, 9.17) is 4.52 Å². The summed E-state index contributed by atoms with van der Waals surface area (Å²) < 4.78 is 60.2. The van der Waals surface area contributed by atoms with Crippen molar-refractivity contribution in [1.82, 2.24) is 10.1 Å². The van der Waals surface area contributed by atoms with Crippen LogP contribution in [-0.2, 0) is 12.6 Å². The minimum Gasteiger partial charge on any atom is -0.339 e. The molecule has 2 aromatic carbocycles. The fourth-order valence-electron chi connectivity index (χ4n) is 3.77. The molecule has 7 heteroatoms. The molecule has 0 unspecified atom stereocenters. The van der Waals surface area contributed by atoms with Gasteiger partial charge in [0, 0.05) is 12.5 Å². The predicted molar refractivity (Wildman–Crippen MR) is 91.6 cm³/mol. The molecule has 27 heavy (non-hydrogen) atoms. The van der Waals surface area contributed by atoms with E-state index in [1.165, 1.54) is 0 Å². The highest BCUT2D eigenvalue weighted by atomic mass is 19.4. The summed E-state index contributed by atoms with van der Waals surface area (Å²) in [5, 5.41) is 3.81. The van der Waals surface area contributed by atoms with Crippen LogP contribution >= 0.6 is 0 Å². The van der Waals surface area contributed by atoms with Crippen LogP contribution in [0, 0.1) is 12.7 Å². The third-order valence-corrected chi connectivity index (χ3v) is 5.01. The molecule has 1 aromatic heterocycles. The number of hydrogen-bond donors (Lipinski definition) is 0. The third-order valence-electron chi connectivity index (χ3n) is 5.01. The van der Waals surface area contributed by atoms with Gasteiger partial charge in [-0.1, -0.05) is 36.3 Å². The molecular formula is C20H16F4N2O. The van der Waals surface area contributed by atoms with E-state index in [-0.39, 0.29) is 11.5 Å². The molecule has 1 atom stereocenters. The minimum atomic E-state index is -4.64. The Labute approximate surface area is 153 Å². The standard InChI is InChI=1S/C20H16F4N2O/c1-10-3-8-14-17(10)16(21)9-15(20(22,23)24)18(14)12-4-6-13(7-5-12)19-25-11(2)27-26-19/h4-7,9-10H,3,8H2,1-2H3/t10-/m1/s1. The van der Waals surface area contributed by atoms with Gasteiger partial charge in [0.05, 0.1) is 5.56 Å². The van der Waals surface area contributed by atoms with Crippen LogP contribution in [0.1, 0.15) is 41.8 Å². The molecular weight excluding hydrogens is 360 g/mol. The smallest absolute Gasteiger partial charge is 0.339 e. The number of aromatic nitrogens is 2. The van der Waals surface area contributed by atoms with Gasteiger partial charge in [-0.2, -0.15) is 18.2 Å². The molecule has 0 saturated heterocycles. The lowest BCUT2D eigenvalue weighted by atomic mass is 9.89. The zero-order valence-electron chi connectivity index (χ0n) is 14.7. The fourth-order valence-corrected chi connectivity index (χ4v) is 3.77. The van der Waals surface area contributed by atoms with Gasteiger partial charge in [-0.05, 0) is 47.1 Å². The Kier molecular flexibility index (Phi) is 4.05. The summed E-state index contributed by atoms with van der Waals surface area (Å²) in [5.41, 5.74) is 1.02. The van der Waals surface area contributed by atoms with E-state index in [0.29, 0.717) is 52.9 Å². The van der Waals surface area contributed by atoms with Gasteiger partial charge < -0.3 is 4.52 Å². The number of fused-ring (bicyclic) bond motifs is 1. The van der Waals surface area contributed by atoms with Crippen LogP contribution in [0.4, 0.5) is 17.6 Å². The molecule has 0 spiro atoms. The molecule has 0 bridgehead atoms. The number of halogens is 4. The first kappa shape index (κ1) is 17.7. The summed E-state index contributed by atoms with van der Waals surface area (Å²) in [6, 6.07) is 7.10. The first-order chi connectivity index (χ1) is 12.8. The van der Waals surface area contributed by atoms with E-state index >= 15 is 0 Å². The van der Waals surface area contributed by atoms with Crippen LogP contribution in [-0.4, -0.2) is 10.1 Å². The number of rotatable bonds is 2. The average molecular weight is 376 g/mol. The summed E-state index contributed by atoms with van der Waals surface area (Å²) in [6.45, 7) is 3.50. The number of nitrogens with zero attached hydrogens (tertiary/aromatic N) is 2. The molecule has 1 aliphatic carbocycles. The average Bonchev–Trinajstić information content (AvgIpc) is 3.21. The number of aryl methyl sites for hydroxylation is 1. The maximum atomic E-state index is 14.4. The molecule has 0 saturated carbocycles. The van der Waals surface area contributed by atoms with Crippen molar-refractivity contribution < 1.29 is 22.1 Å². The van der Waals surface area contributed by atoms with Crippen molar-refractivity contribution in [2.24, 2.45) is 0 Å². The van der Waals surface area contributed by atoms with E-state index in [1.54, 1.807) is 31.2 Å². The quantitative estimate of drug-likeness (QED) is 0.521. The monoisotopic (exact) mass is 376 g/mol. The molecule has 140 valence electrons. The van der Waals surface area contributed by atoms with Crippen molar-refractivity contribution in [1.29, 1.82) is 0 Å². The summed E-state index contributed by atoms with van der Waals surface area (Å²) in [7, 11) is 0. The fraction of sp³-hybridized carbons (Fsp3) is 0.300. The van der Waals surface area contributed by atoms with Crippen molar-refractivity contribution >= 4 is 0 Å². The van der Waals surface area contributed by atoms with Crippen LogP contribution in [0.15, 0.2) is 34.9 Å². The minimum absolute atomic E-state index is 0.0686. The van der Waals surface area contributed by atoms with Crippen molar-refractivity contribution in [3.05, 3.63) is 58.7 Å². The molecule has 0 fully saturated rings. The Morgan fingerprint density at radius 3 is 2.37 bits per heavy atom. The lowest BCUT2D eigenvalue weighted by molar-refractivity contribution is -0.137. The van der Waals surface area contributed by atoms with Gasteiger partial charge in [-0.3, -0.25) is 0 Å². The second-order valence-corrected chi connectivity index (χ2v) is 6.83. The van der Waals surface area contributed by atoms with Gasteiger partial charge >= 0.3 is 6.18 Å². The molecule has 0 N–H and O–H groups in total. The van der Waals surface area contributed by atoms with Gasteiger partial charge in [0.2, 0.25) is 11.7 Å². The van der Waals surface area contributed by atoms with Crippen LogP contribution in [0.3, 0.4) is 0 Å². The highest BCUT2D eigenvalue weighted by Gasteiger charge is 2.38. The Balaban J connectivity index is 1.88. The lowest BCUT2D eigenvalue weighted by Gasteiger charge is -2.19. The molecule has 1 aliphatic rings. The highest BCUT2D eigenvalue weighted by Crippen LogP contribution is 2.46. The summed E-state index contributed by atoms with van der Waals surface area (Å²) in [5.74, 6) is -0.0978. The van der Waals surface area contributed by atoms with Crippen molar-refractivity contribution in [3.8, 4) is 22.5 Å². The number of benzene rings is 2. The first-order valence-electron chi connectivity index (χ1n) is 8.59. The molecule has 3 nitrogen and oxygen atoms in total. The van der Waals surface area contributed by atoms with Crippen molar-refractivity contribution in [3.63, 3.8) is 0 Å². The van der Waals surface area contributed by atoms with Gasteiger partial charge in [-0.15, -0.1) is 0 Å².